The topological polar surface area (TPSA) is 40.5 Å². The van der Waals surface area contributed by atoms with E-state index in [4.69, 9.17) is 0 Å². The lowest BCUT2D eigenvalue weighted by Gasteiger charge is -2.65. The molecule has 3 nitrogen and oxygen atoms in total. The zero-order valence-electron chi connectivity index (χ0n) is 13.5. The van der Waals surface area contributed by atoms with Crippen LogP contribution in [0.3, 0.4) is 0 Å². The van der Waals surface area contributed by atoms with E-state index >= 15 is 0 Å². The van der Waals surface area contributed by atoms with Crippen LogP contribution in [-0.4, -0.2) is 35.1 Å². The predicted molar refractivity (Wildman–Crippen MR) is 81.7 cm³/mol. The highest BCUT2D eigenvalue weighted by Gasteiger charge is 2.63. The molecule has 0 aromatic rings. The van der Waals surface area contributed by atoms with Crippen LogP contribution in [0.25, 0.3) is 0 Å². The van der Waals surface area contributed by atoms with Crippen LogP contribution >= 0.6 is 0 Å². The van der Waals surface area contributed by atoms with E-state index in [-0.39, 0.29) is 11.5 Å². The van der Waals surface area contributed by atoms with Crippen LogP contribution < -0.4 is 0 Å². The highest BCUT2D eigenvalue weighted by molar-refractivity contribution is 5.83. The van der Waals surface area contributed by atoms with E-state index in [1.165, 1.54) is 19.3 Å². The van der Waals surface area contributed by atoms with Crippen LogP contribution in [0, 0.1) is 22.2 Å². The summed E-state index contributed by atoms with van der Waals surface area (Å²) in [5.41, 5.74) is 0.740. The van der Waals surface area contributed by atoms with Gasteiger partial charge in [-0.05, 0) is 68.1 Å². The van der Waals surface area contributed by atoms with Gasteiger partial charge in [0.25, 0.3) is 0 Å². The molecule has 1 aliphatic heterocycles. The molecular formula is C18H29NO2. The molecular weight excluding hydrogens is 262 g/mol. The molecule has 21 heavy (non-hydrogen) atoms. The first-order valence-corrected chi connectivity index (χ1v) is 8.79. The maximum absolute atomic E-state index is 13.3. The van der Waals surface area contributed by atoms with Crippen molar-refractivity contribution < 1.29 is 9.90 Å². The third kappa shape index (κ3) is 2.15. The molecule has 4 saturated carbocycles. The molecule has 2 unspecified atom stereocenters. The van der Waals surface area contributed by atoms with Crippen LogP contribution in [0.2, 0.25) is 0 Å². The maximum Gasteiger partial charge on any atom is 0.228 e. The molecule has 0 spiro atoms. The van der Waals surface area contributed by atoms with E-state index in [1.807, 2.05) is 0 Å². The lowest BCUT2D eigenvalue weighted by atomic mass is 9.40. The van der Waals surface area contributed by atoms with Crippen LogP contribution in [0.1, 0.15) is 65.2 Å². The SMILES string of the molecule is CC12CC3CC(C)(C1)CC(C(=O)N1CCC(O)CC1)(C3)C2. The molecule has 3 heteroatoms. The minimum absolute atomic E-state index is 0.0643. The largest absolute Gasteiger partial charge is 0.393 e. The monoisotopic (exact) mass is 291 g/mol. The van der Waals surface area contributed by atoms with Crippen LogP contribution in [0.5, 0.6) is 0 Å². The van der Waals surface area contributed by atoms with Crippen molar-refractivity contribution in [3.05, 3.63) is 0 Å². The van der Waals surface area contributed by atoms with Crippen molar-refractivity contribution >= 4 is 5.91 Å². The van der Waals surface area contributed by atoms with Crippen LogP contribution in [0.15, 0.2) is 0 Å². The Morgan fingerprint density at radius 1 is 1.00 bits per heavy atom. The molecule has 0 aromatic heterocycles. The molecule has 5 aliphatic rings. The highest BCUT2D eigenvalue weighted by atomic mass is 16.3. The second kappa shape index (κ2) is 4.24. The molecule has 5 rings (SSSR count). The van der Waals surface area contributed by atoms with Gasteiger partial charge in [-0.1, -0.05) is 13.8 Å². The lowest BCUT2D eigenvalue weighted by molar-refractivity contribution is -0.180. The van der Waals surface area contributed by atoms with E-state index in [9.17, 15) is 9.90 Å². The zero-order chi connectivity index (χ0) is 14.9. The van der Waals surface area contributed by atoms with Crippen molar-refractivity contribution in [1.82, 2.24) is 4.90 Å². The summed E-state index contributed by atoms with van der Waals surface area (Å²) < 4.78 is 0. The third-order valence-electron chi connectivity index (χ3n) is 6.83. The Hall–Kier alpha value is -0.570. The molecule has 118 valence electrons. The number of carbonyl (C=O) groups excluding carboxylic acids is 1. The Bertz CT molecular complexity index is 448. The van der Waals surface area contributed by atoms with Gasteiger partial charge in [-0.3, -0.25) is 4.79 Å². The van der Waals surface area contributed by atoms with E-state index in [1.54, 1.807) is 0 Å². The van der Waals surface area contributed by atoms with E-state index < -0.39 is 0 Å². The minimum Gasteiger partial charge on any atom is -0.393 e. The maximum atomic E-state index is 13.3. The summed E-state index contributed by atoms with van der Waals surface area (Å²) in [6, 6.07) is 0. The number of carbonyl (C=O) groups is 1. The van der Waals surface area contributed by atoms with Crippen LogP contribution in [-0.2, 0) is 4.79 Å². The fourth-order valence-electron chi connectivity index (χ4n) is 7.09. The van der Waals surface area contributed by atoms with Crippen LogP contribution in [0.4, 0.5) is 0 Å². The van der Waals surface area contributed by atoms with Gasteiger partial charge in [0.1, 0.15) is 0 Å². The summed E-state index contributed by atoms with van der Waals surface area (Å²) >= 11 is 0. The van der Waals surface area contributed by atoms with Gasteiger partial charge in [0.15, 0.2) is 0 Å². The second-order valence-corrected chi connectivity index (χ2v) is 9.43. The minimum atomic E-state index is -0.194. The first-order chi connectivity index (χ1) is 9.82. The number of amides is 1. The fourth-order valence-corrected chi connectivity index (χ4v) is 7.09. The molecule has 1 saturated heterocycles. The summed E-state index contributed by atoms with van der Waals surface area (Å²) in [5, 5.41) is 9.69. The predicted octanol–water partition coefficient (Wildman–Crippen LogP) is 2.97. The molecule has 4 bridgehead atoms. The summed E-state index contributed by atoms with van der Waals surface area (Å²) in [4.78, 5) is 15.4. The number of piperidine rings is 1. The number of aliphatic hydroxyl groups is 1. The first-order valence-electron chi connectivity index (χ1n) is 8.79. The number of rotatable bonds is 1. The third-order valence-corrected chi connectivity index (χ3v) is 6.83. The summed E-state index contributed by atoms with van der Waals surface area (Å²) in [5.74, 6) is 1.20. The zero-order valence-corrected chi connectivity index (χ0v) is 13.5. The van der Waals surface area contributed by atoms with Gasteiger partial charge in [0, 0.05) is 13.1 Å². The summed E-state index contributed by atoms with van der Waals surface area (Å²) in [7, 11) is 0. The summed E-state index contributed by atoms with van der Waals surface area (Å²) in [6.45, 7) is 6.38. The average Bonchev–Trinajstić information content (AvgIpc) is 2.34. The fraction of sp³-hybridized carbons (Fsp3) is 0.944. The van der Waals surface area contributed by atoms with Gasteiger partial charge in [0.2, 0.25) is 5.91 Å². The number of likely N-dealkylation sites (tertiary alicyclic amines) is 1. The van der Waals surface area contributed by atoms with Crippen molar-refractivity contribution in [3.63, 3.8) is 0 Å². The Morgan fingerprint density at radius 2 is 1.57 bits per heavy atom. The summed E-state index contributed by atoms with van der Waals surface area (Å²) in [6.07, 6.45) is 8.71. The van der Waals surface area contributed by atoms with Crippen molar-refractivity contribution in [2.24, 2.45) is 22.2 Å². The van der Waals surface area contributed by atoms with Crippen molar-refractivity contribution in [1.29, 1.82) is 0 Å². The Labute approximate surface area is 128 Å². The molecule has 0 aromatic carbocycles. The number of aliphatic hydroxyl groups excluding tert-OH is 1. The van der Waals surface area contributed by atoms with Gasteiger partial charge >= 0.3 is 0 Å². The number of hydrogen-bond donors (Lipinski definition) is 1. The number of hydrogen-bond acceptors (Lipinski definition) is 2. The molecule has 1 amide bonds. The quantitative estimate of drug-likeness (QED) is 0.807. The van der Waals surface area contributed by atoms with Crippen molar-refractivity contribution in [3.8, 4) is 0 Å². The molecule has 1 heterocycles. The standard InChI is InChI=1S/C18H29NO2/c1-16-7-13-8-17(2,10-16)12-18(9-13,11-16)15(21)19-5-3-14(20)4-6-19/h13-14,20H,3-12H2,1-2H3. The molecule has 5 fully saturated rings. The number of nitrogens with zero attached hydrogens (tertiary/aromatic N) is 1. The Balaban J connectivity index is 1.60. The first kappa shape index (κ1) is 14.0. The van der Waals surface area contributed by atoms with Crippen molar-refractivity contribution in [2.75, 3.05) is 13.1 Å². The highest BCUT2D eigenvalue weighted by Crippen LogP contribution is 2.69. The molecule has 4 aliphatic carbocycles. The van der Waals surface area contributed by atoms with E-state index in [0.717, 1.165) is 51.1 Å². The van der Waals surface area contributed by atoms with E-state index in [2.05, 4.69) is 18.7 Å². The average molecular weight is 291 g/mol. The van der Waals surface area contributed by atoms with Gasteiger partial charge in [-0.2, -0.15) is 0 Å². The van der Waals surface area contributed by atoms with Gasteiger partial charge in [-0.25, -0.2) is 0 Å². The second-order valence-electron chi connectivity index (χ2n) is 9.43. The smallest absolute Gasteiger partial charge is 0.228 e. The van der Waals surface area contributed by atoms with Gasteiger partial charge < -0.3 is 10.0 Å². The molecule has 0 radical (unpaired) electrons. The van der Waals surface area contributed by atoms with Gasteiger partial charge in [-0.15, -0.1) is 0 Å². The van der Waals surface area contributed by atoms with Crippen molar-refractivity contribution in [2.45, 2.75) is 71.3 Å². The molecule has 1 N–H and O–H groups in total. The Morgan fingerprint density at radius 3 is 2.10 bits per heavy atom. The Kier molecular flexibility index (Phi) is 2.84. The molecule has 2 atom stereocenters. The van der Waals surface area contributed by atoms with Gasteiger partial charge in [0.05, 0.1) is 11.5 Å². The normalized spacial score (nSPS) is 49.7. The van der Waals surface area contributed by atoms with E-state index in [0.29, 0.717) is 16.7 Å². The lowest BCUT2D eigenvalue weighted by Crippen LogP contribution is -2.61.